The second-order valence-electron chi connectivity index (χ2n) is 4.33. The highest BCUT2D eigenvalue weighted by Crippen LogP contribution is 2.13. The Kier molecular flexibility index (Phi) is 5.85. The molecule has 0 aliphatic rings. The highest BCUT2D eigenvalue weighted by molar-refractivity contribution is 5.96. The highest BCUT2D eigenvalue weighted by atomic mass is 16.5. The molecule has 0 unspecified atom stereocenters. The second-order valence-corrected chi connectivity index (χ2v) is 4.33. The van der Waals surface area contributed by atoms with Gasteiger partial charge in [-0.3, -0.25) is 9.59 Å². The Morgan fingerprint density at radius 2 is 1.79 bits per heavy atom. The fourth-order valence-corrected chi connectivity index (χ4v) is 1.48. The number of rotatable bonds is 6. The van der Waals surface area contributed by atoms with Crippen molar-refractivity contribution in [1.82, 2.24) is 10.6 Å². The van der Waals surface area contributed by atoms with Crippen LogP contribution in [0, 0.1) is 0 Å². The maximum atomic E-state index is 11.8. The first kappa shape index (κ1) is 15.0. The Hall–Kier alpha value is -2.04. The van der Waals surface area contributed by atoms with Crippen molar-refractivity contribution >= 4 is 11.8 Å². The van der Waals surface area contributed by atoms with Crippen LogP contribution in [0.1, 0.15) is 31.1 Å². The molecule has 1 aromatic carbocycles. The summed E-state index contributed by atoms with van der Waals surface area (Å²) in [4.78, 5) is 23.0. The Balaban J connectivity index is 2.51. The van der Waals surface area contributed by atoms with Gasteiger partial charge in [0.05, 0.1) is 12.6 Å². The van der Waals surface area contributed by atoms with E-state index in [2.05, 4.69) is 10.6 Å². The number of benzene rings is 1. The highest BCUT2D eigenvalue weighted by Gasteiger charge is 2.07. The molecular weight excluding hydrogens is 244 g/mol. The fraction of sp³-hybridized carbons (Fsp3) is 0.429. The number of carbonyl (C=O) groups is 2. The van der Waals surface area contributed by atoms with Crippen molar-refractivity contribution in [2.75, 3.05) is 13.1 Å². The van der Waals surface area contributed by atoms with Crippen LogP contribution >= 0.6 is 0 Å². The largest absolute Gasteiger partial charge is 0.491 e. The summed E-state index contributed by atoms with van der Waals surface area (Å²) < 4.78 is 5.48. The van der Waals surface area contributed by atoms with Crippen LogP contribution in [0.15, 0.2) is 24.3 Å². The Morgan fingerprint density at radius 3 is 2.32 bits per heavy atom. The average Bonchev–Trinajstić information content (AvgIpc) is 2.36. The molecular formula is C14H20N2O3. The number of hydrogen-bond acceptors (Lipinski definition) is 3. The van der Waals surface area contributed by atoms with E-state index >= 15 is 0 Å². The standard InChI is InChI=1S/C14H20N2O3/c1-4-15-13(17)9-16-14(18)11-5-7-12(8-6-11)19-10(2)3/h5-8,10H,4,9H2,1-3H3,(H,15,17)(H,16,18). The molecule has 19 heavy (non-hydrogen) atoms. The molecule has 104 valence electrons. The quantitative estimate of drug-likeness (QED) is 0.814. The van der Waals surface area contributed by atoms with Crippen LogP contribution < -0.4 is 15.4 Å². The van der Waals surface area contributed by atoms with Gasteiger partial charge in [-0.1, -0.05) is 0 Å². The third-order valence-corrected chi connectivity index (χ3v) is 2.27. The second kappa shape index (κ2) is 7.41. The molecule has 0 spiro atoms. The maximum Gasteiger partial charge on any atom is 0.251 e. The number of nitrogens with one attached hydrogen (secondary N) is 2. The third-order valence-electron chi connectivity index (χ3n) is 2.27. The minimum absolute atomic E-state index is 0.0169. The summed E-state index contributed by atoms with van der Waals surface area (Å²) in [6.45, 7) is 6.24. The lowest BCUT2D eigenvalue weighted by Gasteiger charge is -2.10. The van der Waals surface area contributed by atoms with Gasteiger partial charge in [-0.15, -0.1) is 0 Å². The van der Waals surface area contributed by atoms with E-state index < -0.39 is 0 Å². The van der Waals surface area contributed by atoms with Gasteiger partial charge in [-0.05, 0) is 45.0 Å². The van der Waals surface area contributed by atoms with E-state index in [1.165, 1.54) is 0 Å². The van der Waals surface area contributed by atoms with Crippen molar-refractivity contribution in [2.45, 2.75) is 26.9 Å². The zero-order valence-electron chi connectivity index (χ0n) is 11.5. The predicted molar refractivity (Wildman–Crippen MR) is 73.2 cm³/mol. The molecule has 0 heterocycles. The van der Waals surface area contributed by atoms with Crippen molar-refractivity contribution in [3.05, 3.63) is 29.8 Å². The van der Waals surface area contributed by atoms with E-state index in [0.29, 0.717) is 12.1 Å². The van der Waals surface area contributed by atoms with Crippen LogP contribution in [-0.4, -0.2) is 31.0 Å². The zero-order chi connectivity index (χ0) is 14.3. The Bertz CT molecular complexity index is 427. The van der Waals surface area contributed by atoms with Gasteiger partial charge in [-0.2, -0.15) is 0 Å². The molecule has 5 nitrogen and oxygen atoms in total. The Morgan fingerprint density at radius 1 is 1.16 bits per heavy atom. The molecule has 0 aliphatic heterocycles. The molecule has 5 heteroatoms. The van der Waals surface area contributed by atoms with Crippen molar-refractivity contribution in [3.8, 4) is 5.75 Å². The monoisotopic (exact) mass is 264 g/mol. The summed E-state index contributed by atoms with van der Waals surface area (Å²) in [7, 11) is 0. The lowest BCUT2D eigenvalue weighted by atomic mass is 10.2. The van der Waals surface area contributed by atoms with Crippen LogP contribution in [0.2, 0.25) is 0 Å². The van der Waals surface area contributed by atoms with E-state index in [1.54, 1.807) is 24.3 Å². The molecule has 0 aromatic heterocycles. The number of ether oxygens (including phenoxy) is 1. The van der Waals surface area contributed by atoms with Crippen LogP contribution in [0.3, 0.4) is 0 Å². The van der Waals surface area contributed by atoms with Crippen LogP contribution in [0.4, 0.5) is 0 Å². The first-order valence-electron chi connectivity index (χ1n) is 6.34. The first-order valence-corrected chi connectivity index (χ1v) is 6.34. The molecule has 0 saturated heterocycles. The summed E-state index contributed by atoms with van der Waals surface area (Å²) in [6.07, 6.45) is 0.0948. The van der Waals surface area contributed by atoms with Gasteiger partial charge in [0, 0.05) is 12.1 Å². The van der Waals surface area contributed by atoms with Gasteiger partial charge in [0.2, 0.25) is 5.91 Å². The first-order chi connectivity index (χ1) is 9.02. The topological polar surface area (TPSA) is 67.4 Å². The Labute approximate surface area is 113 Å². The molecule has 0 saturated carbocycles. The molecule has 2 N–H and O–H groups in total. The molecule has 0 aliphatic carbocycles. The minimum atomic E-state index is -0.276. The molecule has 0 atom stereocenters. The van der Waals surface area contributed by atoms with Crippen molar-refractivity contribution < 1.29 is 14.3 Å². The molecule has 0 bridgehead atoms. The van der Waals surface area contributed by atoms with E-state index in [9.17, 15) is 9.59 Å². The number of amides is 2. The maximum absolute atomic E-state index is 11.8. The number of hydrogen-bond donors (Lipinski definition) is 2. The van der Waals surface area contributed by atoms with Crippen molar-refractivity contribution in [2.24, 2.45) is 0 Å². The van der Waals surface area contributed by atoms with Crippen LogP contribution in [-0.2, 0) is 4.79 Å². The van der Waals surface area contributed by atoms with E-state index in [1.807, 2.05) is 20.8 Å². The predicted octanol–water partition coefficient (Wildman–Crippen LogP) is 1.34. The summed E-state index contributed by atoms with van der Waals surface area (Å²) in [5.74, 6) is 0.244. The summed E-state index contributed by atoms with van der Waals surface area (Å²) in [5, 5.41) is 5.16. The average molecular weight is 264 g/mol. The van der Waals surface area contributed by atoms with E-state index in [4.69, 9.17) is 4.74 Å². The summed E-state index contributed by atoms with van der Waals surface area (Å²) >= 11 is 0. The van der Waals surface area contributed by atoms with Crippen LogP contribution in [0.25, 0.3) is 0 Å². The normalized spacial score (nSPS) is 10.1. The van der Waals surface area contributed by atoms with E-state index in [0.717, 1.165) is 5.75 Å². The molecule has 0 radical (unpaired) electrons. The number of carbonyl (C=O) groups excluding carboxylic acids is 2. The molecule has 0 fully saturated rings. The van der Waals surface area contributed by atoms with Gasteiger partial charge < -0.3 is 15.4 Å². The van der Waals surface area contributed by atoms with E-state index in [-0.39, 0.29) is 24.5 Å². The molecule has 2 amide bonds. The SMILES string of the molecule is CCNC(=O)CNC(=O)c1ccc(OC(C)C)cc1. The third kappa shape index (κ3) is 5.42. The lowest BCUT2D eigenvalue weighted by Crippen LogP contribution is -2.36. The van der Waals surface area contributed by atoms with Gasteiger partial charge in [0.1, 0.15) is 5.75 Å². The number of likely N-dealkylation sites (N-methyl/N-ethyl adjacent to an activating group) is 1. The van der Waals surface area contributed by atoms with Gasteiger partial charge >= 0.3 is 0 Å². The van der Waals surface area contributed by atoms with Gasteiger partial charge in [-0.25, -0.2) is 0 Å². The molecule has 1 rings (SSSR count). The lowest BCUT2D eigenvalue weighted by molar-refractivity contribution is -0.120. The zero-order valence-corrected chi connectivity index (χ0v) is 11.5. The fourth-order valence-electron chi connectivity index (χ4n) is 1.48. The van der Waals surface area contributed by atoms with Gasteiger partial charge in [0.15, 0.2) is 0 Å². The molecule has 1 aromatic rings. The van der Waals surface area contributed by atoms with Crippen LogP contribution in [0.5, 0.6) is 5.75 Å². The van der Waals surface area contributed by atoms with Crippen molar-refractivity contribution in [1.29, 1.82) is 0 Å². The minimum Gasteiger partial charge on any atom is -0.491 e. The van der Waals surface area contributed by atoms with Crippen molar-refractivity contribution in [3.63, 3.8) is 0 Å². The summed E-state index contributed by atoms with van der Waals surface area (Å²) in [6, 6.07) is 6.82. The smallest absolute Gasteiger partial charge is 0.251 e. The van der Waals surface area contributed by atoms with Gasteiger partial charge in [0.25, 0.3) is 5.91 Å². The summed E-state index contributed by atoms with van der Waals surface area (Å²) in [5.41, 5.74) is 0.500.